The number of halogens is 5. The fourth-order valence-electron chi connectivity index (χ4n) is 1.95. The van der Waals surface area contributed by atoms with Crippen LogP contribution in [0.4, 0.5) is 13.2 Å². The molecule has 2 nitrogen and oxygen atoms in total. The first kappa shape index (κ1) is 15.2. The minimum Gasteiger partial charge on any atom is -0.330 e. The molecule has 2 rings (SSSR count). The molecule has 20 heavy (non-hydrogen) atoms. The van der Waals surface area contributed by atoms with Crippen LogP contribution in [0.25, 0.3) is 5.69 Å². The Morgan fingerprint density at radius 1 is 1.15 bits per heavy atom. The smallest absolute Gasteiger partial charge is 0.330 e. The van der Waals surface area contributed by atoms with Gasteiger partial charge in [0.25, 0.3) is 0 Å². The van der Waals surface area contributed by atoms with Crippen LogP contribution in [0.1, 0.15) is 11.3 Å². The second-order valence-corrected chi connectivity index (χ2v) is 5.01. The van der Waals surface area contributed by atoms with Crippen molar-refractivity contribution in [1.82, 2.24) is 4.57 Å². The number of hydrogen-bond donors (Lipinski definition) is 1. The molecular formula is C13H11Cl2F3N2. The molecule has 0 amide bonds. The van der Waals surface area contributed by atoms with Crippen molar-refractivity contribution >= 4 is 23.2 Å². The standard InChI is InChI=1S/C13H11Cl2F3N2/c14-10-6-8(13(16,17)18)7-11(15)12(10)20-5-1-2-9(20)3-4-19/h1-2,5-7H,3-4,19H2. The minimum atomic E-state index is -4.48. The van der Waals surface area contributed by atoms with E-state index in [0.29, 0.717) is 18.7 Å². The number of benzene rings is 1. The summed E-state index contributed by atoms with van der Waals surface area (Å²) >= 11 is 11.9. The lowest BCUT2D eigenvalue weighted by molar-refractivity contribution is -0.137. The Bertz CT molecular complexity index is 597. The molecule has 108 valence electrons. The number of hydrogen-bond acceptors (Lipinski definition) is 1. The van der Waals surface area contributed by atoms with Gasteiger partial charge in [0.05, 0.1) is 21.3 Å². The normalized spacial score (nSPS) is 11.9. The second-order valence-electron chi connectivity index (χ2n) is 4.19. The van der Waals surface area contributed by atoms with Crippen molar-refractivity contribution in [2.45, 2.75) is 12.6 Å². The summed E-state index contributed by atoms with van der Waals surface area (Å²) in [4.78, 5) is 0. The van der Waals surface area contributed by atoms with Crippen LogP contribution in [0.5, 0.6) is 0 Å². The average Bonchev–Trinajstić information content (AvgIpc) is 2.76. The first-order chi connectivity index (χ1) is 9.34. The van der Waals surface area contributed by atoms with E-state index in [1.165, 1.54) is 0 Å². The van der Waals surface area contributed by atoms with Gasteiger partial charge in [-0.05, 0) is 30.8 Å². The van der Waals surface area contributed by atoms with Crippen molar-refractivity contribution in [3.05, 3.63) is 51.8 Å². The third-order valence-corrected chi connectivity index (χ3v) is 3.40. The van der Waals surface area contributed by atoms with Crippen molar-refractivity contribution in [3.63, 3.8) is 0 Å². The molecule has 0 unspecified atom stereocenters. The third kappa shape index (κ3) is 2.95. The Kier molecular flexibility index (Phi) is 4.32. The van der Waals surface area contributed by atoms with Gasteiger partial charge in [-0.25, -0.2) is 0 Å². The first-order valence-corrected chi connectivity index (χ1v) is 6.53. The van der Waals surface area contributed by atoms with Crippen LogP contribution in [-0.4, -0.2) is 11.1 Å². The molecule has 7 heteroatoms. The van der Waals surface area contributed by atoms with Gasteiger partial charge in [-0.1, -0.05) is 23.2 Å². The third-order valence-electron chi connectivity index (χ3n) is 2.82. The quantitative estimate of drug-likeness (QED) is 0.897. The zero-order chi connectivity index (χ0) is 14.9. The van der Waals surface area contributed by atoms with E-state index in [0.717, 1.165) is 17.8 Å². The highest BCUT2D eigenvalue weighted by atomic mass is 35.5. The predicted octanol–water partition coefficient (Wildman–Crippen LogP) is 4.30. The molecule has 1 heterocycles. The summed E-state index contributed by atoms with van der Waals surface area (Å²) in [5.41, 5.74) is 5.78. The first-order valence-electron chi connectivity index (χ1n) is 5.77. The van der Waals surface area contributed by atoms with Gasteiger partial charge in [-0.15, -0.1) is 0 Å². The van der Waals surface area contributed by atoms with Gasteiger partial charge in [0.2, 0.25) is 0 Å². The molecule has 0 spiro atoms. The van der Waals surface area contributed by atoms with Gasteiger partial charge in [0, 0.05) is 18.3 Å². The predicted molar refractivity (Wildman–Crippen MR) is 73.5 cm³/mol. The van der Waals surface area contributed by atoms with Crippen LogP contribution in [0.2, 0.25) is 10.0 Å². The molecule has 2 N–H and O–H groups in total. The molecule has 0 fully saturated rings. The summed E-state index contributed by atoms with van der Waals surface area (Å²) in [6.45, 7) is 0.417. The van der Waals surface area contributed by atoms with E-state index in [1.54, 1.807) is 16.8 Å². The van der Waals surface area contributed by atoms with Gasteiger partial charge in [-0.3, -0.25) is 0 Å². The molecule has 2 aromatic rings. The highest BCUT2D eigenvalue weighted by Crippen LogP contribution is 2.37. The molecule has 1 aromatic carbocycles. The molecule has 1 aromatic heterocycles. The summed E-state index contributed by atoms with van der Waals surface area (Å²) < 4.78 is 39.7. The van der Waals surface area contributed by atoms with E-state index >= 15 is 0 Å². The van der Waals surface area contributed by atoms with Crippen LogP contribution < -0.4 is 5.73 Å². The van der Waals surface area contributed by atoms with Crippen LogP contribution in [-0.2, 0) is 12.6 Å². The number of aromatic nitrogens is 1. The Hall–Kier alpha value is -1.17. The minimum absolute atomic E-state index is 0.0562. The lowest BCUT2D eigenvalue weighted by Gasteiger charge is -2.15. The van der Waals surface area contributed by atoms with E-state index in [2.05, 4.69) is 0 Å². The molecule has 0 atom stereocenters. The maximum Gasteiger partial charge on any atom is 0.416 e. The van der Waals surface area contributed by atoms with E-state index in [-0.39, 0.29) is 10.0 Å². The summed E-state index contributed by atoms with van der Waals surface area (Å²) in [6.07, 6.45) is -2.23. The molecule has 0 aliphatic heterocycles. The SMILES string of the molecule is NCCc1cccn1-c1c(Cl)cc(C(F)(F)F)cc1Cl. The van der Waals surface area contributed by atoms with Crippen LogP contribution in [0.3, 0.4) is 0 Å². The fourth-order valence-corrected chi connectivity index (χ4v) is 2.61. The van der Waals surface area contributed by atoms with Crippen molar-refractivity contribution in [2.75, 3.05) is 6.54 Å². The summed E-state index contributed by atoms with van der Waals surface area (Å²) in [5, 5.41) is -0.112. The van der Waals surface area contributed by atoms with Crippen LogP contribution in [0, 0.1) is 0 Å². The monoisotopic (exact) mass is 322 g/mol. The van der Waals surface area contributed by atoms with E-state index in [4.69, 9.17) is 28.9 Å². The average molecular weight is 323 g/mol. The van der Waals surface area contributed by atoms with Gasteiger partial charge in [-0.2, -0.15) is 13.2 Å². The second kappa shape index (κ2) is 5.68. The molecule has 0 aliphatic carbocycles. The molecule has 0 aliphatic rings. The van der Waals surface area contributed by atoms with Crippen LogP contribution in [0.15, 0.2) is 30.5 Å². The van der Waals surface area contributed by atoms with Crippen LogP contribution >= 0.6 is 23.2 Å². The maximum atomic E-state index is 12.7. The molecule has 0 saturated heterocycles. The van der Waals surface area contributed by atoms with Gasteiger partial charge < -0.3 is 10.3 Å². The number of alkyl halides is 3. The number of nitrogens with two attached hydrogens (primary N) is 1. The van der Waals surface area contributed by atoms with Crippen molar-refractivity contribution in [1.29, 1.82) is 0 Å². The van der Waals surface area contributed by atoms with E-state index < -0.39 is 11.7 Å². The highest BCUT2D eigenvalue weighted by Gasteiger charge is 2.32. The summed E-state index contributed by atoms with van der Waals surface area (Å²) in [6, 6.07) is 5.32. The number of nitrogens with zero attached hydrogens (tertiary/aromatic N) is 1. The van der Waals surface area contributed by atoms with Gasteiger partial charge >= 0.3 is 6.18 Å². The van der Waals surface area contributed by atoms with Crippen molar-refractivity contribution < 1.29 is 13.2 Å². The van der Waals surface area contributed by atoms with Crippen molar-refractivity contribution in [2.24, 2.45) is 5.73 Å². The lowest BCUT2D eigenvalue weighted by atomic mass is 10.2. The summed E-state index contributed by atoms with van der Waals surface area (Å²) in [7, 11) is 0. The zero-order valence-electron chi connectivity index (χ0n) is 10.2. The molecular weight excluding hydrogens is 312 g/mol. The maximum absolute atomic E-state index is 12.7. The Morgan fingerprint density at radius 2 is 1.75 bits per heavy atom. The fraction of sp³-hybridized carbons (Fsp3) is 0.231. The van der Waals surface area contributed by atoms with Crippen molar-refractivity contribution in [3.8, 4) is 5.69 Å². The van der Waals surface area contributed by atoms with Gasteiger partial charge in [0.15, 0.2) is 0 Å². The zero-order valence-corrected chi connectivity index (χ0v) is 11.7. The van der Waals surface area contributed by atoms with Gasteiger partial charge in [0.1, 0.15) is 0 Å². The Balaban J connectivity index is 2.55. The highest BCUT2D eigenvalue weighted by molar-refractivity contribution is 6.37. The molecule has 0 bridgehead atoms. The Labute approximate surface area is 123 Å². The van der Waals surface area contributed by atoms with E-state index in [9.17, 15) is 13.2 Å². The molecule has 0 radical (unpaired) electrons. The molecule has 0 saturated carbocycles. The lowest BCUT2D eigenvalue weighted by Crippen LogP contribution is -2.09. The Morgan fingerprint density at radius 3 is 2.25 bits per heavy atom. The number of rotatable bonds is 3. The largest absolute Gasteiger partial charge is 0.416 e. The van der Waals surface area contributed by atoms with E-state index in [1.807, 2.05) is 6.07 Å². The topological polar surface area (TPSA) is 30.9 Å². The summed E-state index contributed by atoms with van der Waals surface area (Å²) in [5.74, 6) is 0.